The molecule has 0 saturated heterocycles. The molecule has 6 nitrogen and oxygen atoms in total. The van der Waals surface area contributed by atoms with E-state index in [0.717, 1.165) is 27.7 Å². The van der Waals surface area contributed by atoms with E-state index in [4.69, 9.17) is 16.3 Å². The summed E-state index contributed by atoms with van der Waals surface area (Å²) in [6.45, 7) is 2.37. The molecule has 0 unspecified atom stereocenters. The fourth-order valence-electron chi connectivity index (χ4n) is 3.91. The Morgan fingerprint density at radius 1 is 1.12 bits per heavy atom. The Bertz CT molecular complexity index is 1300. The van der Waals surface area contributed by atoms with Crippen LogP contribution in [-0.4, -0.2) is 35.0 Å². The fourth-order valence-corrected chi connectivity index (χ4v) is 4.04. The van der Waals surface area contributed by atoms with Gasteiger partial charge in [-0.1, -0.05) is 17.7 Å². The predicted molar refractivity (Wildman–Crippen MR) is 129 cm³/mol. The number of carbonyl (C=O) groups is 2. The summed E-state index contributed by atoms with van der Waals surface area (Å²) >= 11 is 5.98. The van der Waals surface area contributed by atoms with E-state index < -0.39 is 0 Å². The van der Waals surface area contributed by atoms with Crippen molar-refractivity contribution in [3.8, 4) is 5.75 Å². The maximum absolute atomic E-state index is 13.4. The van der Waals surface area contributed by atoms with Gasteiger partial charge in [0, 0.05) is 40.6 Å². The second-order valence-corrected chi connectivity index (χ2v) is 8.17. The highest BCUT2D eigenvalue weighted by molar-refractivity contribution is 6.30. The largest absolute Gasteiger partial charge is 0.497 e. The average molecular weight is 462 g/mol. The van der Waals surface area contributed by atoms with Gasteiger partial charge in [-0.25, -0.2) is 0 Å². The summed E-state index contributed by atoms with van der Waals surface area (Å²) in [6, 6.07) is 16.2. The lowest BCUT2D eigenvalue weighted by Crippen LogP contribution is -2.27. The van der Waals surface area contributed by atoms with Crippen LogP contribution in [0.1, 0.15) is 27.2 Å². The van der Waals surface area contributed by atoms with E-state index >= 15 is 0 Å². The molecule has 4 aromatic rings. The van der Waals surface area contributed by atoms with Crippen LogP contribution < -0.4 is 10.1 Å². The zero-order chi connectivity index (χ0) is 23.4. The monoisotopic (exact) mass is 461 g/mol. The molecule has 0 atom stereocenters. The number of hydrogen-bond acceptors (Lipinski definition) is 4. The highest BCUT2D eigenvalue weighted by Gasteiger charge is 2.22. The molecule has 0 aliphatic rings. The van der Waals surface area contributed by atoms with Gasteiger partial charge in [-0.15, -0.1) is 0 Å². The van der Waals surface area contributed by atoms with E-state index in [1.807, 2.05) is 37.3 Å². The number of nitrogens with one attached hydrogen (secondary N) is 1. The third-order valence-corrected chi connectivity index (χ3v) is 5.88. The molecular weight excluding hydrogens is 438 g/mol. The molecule has 2 heterocycles. The lowest BCUT2D eigenvalue weighted by atomic mass is 10.1. The molecule has 1 amide bonds. The van der Waals surface area contributed by atoms with Gasteiger partial charge in [0.15, 0.2) is 0 Å². The van der Waals surface area contributed by atoms with Crippen molar-refractivity contribution in [3.05, 3.63) is 94.4 Å². The van der Waals surface area contributed by atoms with Crippen molar-refractivity contribution < 1.29 is 14.3 Å². The Balaban J connectivity index is 1.62. The number of hydrogen-bond donors (Lipinski definition) is 1. The lowest BCUT2D eigenvalue weighted by Gasteiger charge is -2.08. The smallest absolute Gasteiger partial charge is 0.262 e. The van der Waals surface area contributed by atoms with Crippen molar-refractivity contribution in [2.75, 3.05) is 13.7 Å². The molecular formula is C26H24ClN3O3. The molecule has 168 valence electrons. The summed E-state index contributed by atoms with van der Waals surface area (Å²) in [5, 5.41) is 4.35. The first-order chi connectivity index (χ1) is 16.0. The van der Waals surface area contributed by atoms with Gasteiger partial charge in [0.25, 0.3) is 5.91 Å². The Labute approximate surface area is 197 Å². The molecule has 2 aromatic heterocycles. The number of benzene rings is 2. The number of amides is 1. The molecule has 0 spiro atoms. The zero-order valence-electron chi connectivity index (χ0n) is 18.5. The minimum Gasteiger partial charge on any atom is -0.497 e. The molecule has 7 heteroatoms. The average Bonchev–Trinajstić information content (AvgIpc) is 3.10. The van der Waals surface area contributed by atoms with Crippen LogP contribution >= 0.6 is 11.6 Å². The Hall–Kier alpha value is -3.64. The highest BCUT2D eigenvalue weighted by atomic mass is 35.5. The van der Waals surface area contributed by atoms with E-state index in [-0.39, 0.29) is 18.2 Å². The van der Waals surface area contributed by atoms with Crippen molar-refractivity contribution in [2.45, 2.75) is 19.8 Å². The third-order valence-electron chi connectivity index (χ3n) is 5.63. The first kappa shape index (κ1) is 22.6. The van der Waals surface area contributed by atoms with Crippen LogP contribution in [0, 0.1) is 6.92 Å². The van der Waals surface area contributed by atoms with Crippen molar-refractivity contribution >= 4 is 34.3 Å². The molecule has 1 N–H and O–H groups in total. The Morgan fingerprint density at radius 3 is 2.61 bits per heavy atom. The minimum absolute atomic E-state index is 0.109. The molecule has 0 radical (unpaired) electrons. The van der Waals surface area contributed by atoms with E-state index in [0.29, 0.717) is 29.3 Å². The quantitative estimate of drug-likeness (QED) is 0.436. The highest BCUT2D eigenvalue weighted by Crippen LogP contribution is 2.30. The van der Waals surface area contributed by atoms with E-state index in [1.165, 1.54) is 0 Å². The van der Waals surface area contributed by atoms with Crippen LogP contribution in [0.4, 0.5) is 0 Å². The second kappa shape index (κ2) is 9.88. The van der Waals surface area contributed by atoms with Crippen LogP contribution in [0.15, 0.2) is 67.0 Å². The molecule has 0 bridgehead atoms. The number of nitrogens with zero attached hydrogens (tertiary/aromatic N) is 2. The lowest BCUT2D eigenvalue weighted by molar-refractivity contribution is -0.120. The number of pyridine rings is 1. The number of fused-ring (bicyclic) bond motifs is 1. The van der Waals surface area contributed by atoms with Gasteiger partial charge in [0.05, 0.1) is 19.0 Å². The van der Waals surface area contributed by atoms with Crippen LogP contribution in [-0.2, 0) is 17.6 Å². The third kappa shape index (κ3) is 4.91. The fraction of sp³-hybridized carbons (Fsp3) is 0.192. The van der Waals surface area contributed by atoms with E-state index in [9.17, 15) is 9.59 Å². The zero-order valence-corrected chi connectivity index (χ0v) is 19.2. The summed E-state index contributed by atoms with van der Waals surface area (Å²) < 4.78 is 7.04. The Morgan fingerprint density at radius 2 is 1.91 bits per heavy atom. The maximum Gasteiger partial charge on any atom is 0.262 e. The molecule has 33 heavy (non-hydrogen) atoms. The minimum atomic E-state index is -0.178. The maximum atomic E-state index is 13.4. The number of aromatic nitrogens is 2. The van der Waals surface area contributed by atoms with Crippen molar-refractivity contribution in [2.24, 2.45) is 0 Å². The summed E-state index contributed by atoms with van der Waals surface area (Å²) in [5.41, 5.74) is 3.82. The van der Waals surface area contributed by atoms with Crippen LogP contribution in [0.2, 0.25) is 5.02 Å². The number of ether oxygens (including phenoxy) is 1. The van der Waals surface area contributed by atoms with E-state index in [1.54, 1.807) is 48.3 Å². The van der Waals surface area contributed by atoms with Gasteiger partial charge in [-0.2, -0.15) is 0 Å². The van der Waals surface area contributed by atoms with Crippen molar-refractivity contribution in [3.63, 3.8) is 0 Å². The number of carbonyl (C=O) groups excluding carboxylic acids is 2. The SMILES string of the molecule is COc1ccc2c(c1)c(CC(=O)NCCc1cccnc1)c(C)n2C(=O)c1ccc(Cl)cc1. The number of halogens is 1. The van der Waals surface area contributed by atoms with Gasteiger partial charge < -0.3 is 10.1 Å². The van der Waals surface area contributed by atoms with Gasteiger partial charge in [0.2, 0.25) is 5.91 Å². The van der Waals surface area contributed by atoms with Gasteiger partial charge in [-0.3, -0.25) is 19.1 Å². The van der Waals surface area contributed by atoms with Crippen molar-refractivity contribution in [1.29, 1.82) is 0 Å². The van der Waals surface area contributed by atoms with Gasteiger partial charge >= 0.3 is 0 Å². The predicted octanol–water partition coefficient (Wildman–Crippen LogP) is 4.60. The van der Waals surface area contributed by atoms with E-state index in [2.05, 4.69) is 10.3 Å². The van der Waals surface area contributed by atoms with Gasteiger partial charge in [0.1, 0.15) is 5.75 Å². The summed E-state index contributed by atoms with van der Waals surface area (Å²) in [5.74, 6) is 0.377. The molecule has 0 fully saturated rings. The molecule has 0 aliphatic heterocycles. The summed E-state index contributed by atoms with van der Waals surface area (Å²) in [4.78, 5) is 30.2. The molecule has 4 rings (SSSR count). The van der Waals surface area contributed by atoms with Gasteiger partial charge in [-0.05, 0) is 73.0 Å². The molecule has 0 aliphatic carbocycles. The first-order valence-corrected chi connectivity index (χ1v) is 11.0. The first-order valence-electron chi connectivity index (χ1n) is 10.6. The van der Waals surface area contributed by atoms with Crippen LogP contribution in [0.25, 0.3) is 10.9 Å². The van der Waals surface area contributed by atoms with Crippen LogP contribution in [0.3, 0.4) is 0 Å². The number of rotatable bonds is 7. The standard InChI is InChI=1S/C26H24ClN3O3/c1-17-22(15-25(31)29-13-11-18-4-3-12-28-16-18)23-14-21(33-2)9-10-24(23)30(17)26(32)19-5-7-20(27)8-6-19/h3-10,12,14,16H,11,13,15H2,1-2H3,(H,29,31). The molecule has 2 aromatic carbocycles. The second-order valence-electron chi connectivity index (χ2n) is 7.73. The molecule has 0 saturated carbocycles. The van der Waals surface area contributed by atoms with Crippen molar-refractivity contribution in [1.82, 2.24) is 14.9 Å². The summed E-state index contributed by atoms with van der Waals surface area (Å²) in [6.07, 6.45) is 4.37. The number of methoxy groups -OCH3 is 1. The van der Waals surface area contributed by atoms with Crippen LogP contribution in [0.5, 0.6) is 5.75 Å². The Kier molecular flexibility index (Phi) is 6.75. The normalized spacial score (nSPS) is 10.9. The topological polar surface area (TPSA) is 73.2 Å². The summed E-state index contributed by atoms with van der Waals surface area (Å²) in [7, 11) is 1.59.